The van der Waals surface area contributed by atoms with Crippen molar-refractivity contribution in [2.45, 2.75) is 61.4 Å². The van der Waals surface area contributed by atoms with Crippen LogP contribution in [0.5, 0.6) is 0 Å². The summed E-state index contributed by atoms with van der Waals surface area (Å²) in [6.45, 7) is 0.491. The van der Waals surface area contributed by atoms with Gasteiger partial charge >= 0.3 is 0 Å². The fourth-order valence-electron chi connectivity index (χ4n) is 10.9. The Hall–Kier alpha value is -6.24. The van der Waals surface area contributed by atoms with Gasteiger partial charge in [0.25, 0.3) is 0 Å². The van der Waals surface area contributed by atoms with Crippen molar-refractivity contribution in [2.24, 2.45) is 10.8 Å². The average Bonchev–Trinajstić information content (AvgIpc) is 4.18. The fraction of sp³-hybridized carbons (Fsp3) is 0.304. The van der Waals surface area contributed by atoms with Gasteiger partial charge in [0.15, 0.2) is 11.6 Å². The average molecular weight is 1050 g/mol. The summed E-state index contributed by atoms with van der Waals surface area (Å²) in [5, 5.41) is 53.8. The van der Waals surface area contributed by atoms with E-state index < -0.39 is 59.4 Å². The van der Waals surface area contributed by atoms with Gasteiger partial charge < -0.3 is 63.1 Å². The molecule has 4 aliphatic rings. The van der Waals surface area contributed by atoms with Crippen molar-refractivity contribution in [2.75, 3.05) is 36.0 Å². The number of rotatable bonds is 4. The Balaban J connectivity index is 0.000000149. The number of hydrogen-bond acceptors (Lipinski definition) is 18. The van der Waals surface area contributed by atoms with Gasteiger partial charge in [0.1, 0.15) is 59.4 Å². The number of Topliss-reactive ketones (excluding diaryl/α,β-unsaturated/α-hetero) is 2. The lowest BCUT2D eigenvalue weighted by Gasteiger charge is -2.25. The van der Waals surface area contributed by atoms with E-state index in [4.69, 9.17) is 22.9 Å². The molecule has 0 unspecified atom stereocenters. The smallest absolute Gasteiger partial charge is 0.164 e. The highest BCUT2D eigenvalue weighted by atomic mass is 79.9. The number of aliphatic hydroxyl groups is 4. The molecule has 2 spiro atoms. The first kappa shape index (κ1) is 44.3. The molecule has 10 atom stereocenters. The van der Waals surface area contributed by atoms with Gasteiger partial charge in [-0.1, -0.05) is 24.3 Å². The number of carbonyl (C=O) groups is 2. The predicted molar refractivity (Wildman–Crippen MR) is 259 cm³/mol. The van der Waals surface area contributed by atoms with Crippen molar-refractivity contribution >= 4 is 111 Å². The highest BCUT2D eigenvalue weighted by Crippen LogP contribution is 2.52. The Morgan fingerprint density at radius 1 is 0.574 bits per heavy atom. The number of carbonyl (C=O) groups excluding carboxylic acids is 2. The van der Waals surface area contributed by atoms with Crippen LogP contribution in [0, 0.1) is 10.8 Å². The van der Waals surface area contributed by atoms with E-state index in [1.54, 1.807) is 33.7 Å². The van der Waals surface area contributed by atoms with Gasteiger partial charge in [-0.2, -0.15) is 0 Å². The summed E-state index contributed by atoms with van der Waals surface area (Å²) in [6, 6.07) is 16.2. The number of nitrogens with zero attached hydrogens (tertiary/aromatic N) is 8. The number of benzene rings is 2. The SMILES string of the molecule is Nc1nc2cc([C@@H]3NC[C@@]4(C[C@@H](n5ccc6c(N)ncnc65)[C@H](O)[C@@H]4O)C3=O)ccc2cc1Br.Nc1nc2cc([C@H]3NC[C@@]4(C[C@@H](n5ccc6c(N)ncnc65)[C@H](O)[C@@H]4O)C3=O)ccc2cc1Br. The number of nitrogen functional groups attached to an aromatic ring is 4. The summed E-state index contributed by atoms with van der Waals surface area (Å²) < 4.78 is 4.97. The predicted octanol–water partition coefficient (Wildman–Crippen LogP) is 2.95. The summed E-state index contributed by atoms with van der Waals surface area (Å²) >= 11 is 6.76. The number of aromatic nitrogens is 8. The highest BCUT2D eigenvalue weighted by Gasteiger charge is 2.63. The third-order valence-corrected chi connectivity index (χ3v) is 15.8. The summed E-state index contributed by atoms with van der Waals surface area (Å²) in [5.41, 5.74) is 25.4. The standard InChI is InChI=1S/2C23H22BrN7O3/c2*24-13-5-10-1-2-11(6-14(10)30-21(13)26)16-18(33)23(8-27-16)7-15(17(32)19(23)34)31-4-3-12-20(25)28-9-29-22(12)31/h2*1-6,9,15-17,19,27,32,34H,7-8H2,(H2,26,30)(H2,25,28,29)/t15-,16+,17+,19+,23+;15-,16-,17+,19+,23+/m11/s1. The monoisotopic (exact) mass is 1050 g/mol. The molecule has 68 heavy (non-hydrogen) atoms. The Kier molecular flexibility index (Phi) is 10.5. The van der Waals surface area contributed by atoms with Gasteiger partial charge in [-0.3, -0.25) is 9.59 Å². The number of nitrogens with two attached hydrogens (primary N) is 4. The molecule has 2 aliphatic heterocycles. The van der Waals surface area contributed by atoms with E-state index in [0.29, 0.717) is 65.3 Å². The van der Waals surface area contributed by atoms with E-state index in [-0.39, 0.29) is 37.5 Å². The lowest BCUT2D eigenvalue weighted by molar-refractivity contribution is -0.133. The second-order valence-electron chi connectivity index (χ2n) is 18.1. The molecule has 0 amide bonds. The van der Waals surface area contributed by atoms with Gasteiger partial charge in [-0.25, -0.2) is 29.9 Å². The first-order chi connectivity index (χ1) is 32.6. The zero-order valence-corrected chi connectivity index (χ0v) is 39.0. The Labute approximate surface area is 402 Å². The molecule has 12 rings (SSSR count). The Morgan fingerprint density at radius 3 is 1.40 bits per heavy atom. The lowest BCUT2D eigenvalue weighted by Crippen LogP contribution is -2.42. The number of halogens is 2. The number of nitrogens with one attached hydrogen (secondary N) is 2. The molecule has 20 nitrogen and oxygen atoms in total. The molecule has 2 aromatic carbocycles. The molecule has 8 aromatic rings. The van der Waals surface area contributed by atoms with Gasteiger partial charge in [-0.05, 0) is 92.2 Å². The van der Waals surface area contributed by atoms with Crippen LogP contribution in [0.1, 0.15) is 48.1 Å². The topological polar surface area (TPSA) is 330 Å². The number of hydrogen-bond donors (Lipinski definition) is 10. The second-order valence-corrected chi connectivity index (χ2v) is 19.8. The van der Waals surface area contributed by atoms with E-state index in [1.165, 1.54) is 12.7 Å². The van der Waals surface area contributed by atoms with Crippen LogP contribution < -0.4 is 33.6 Å². The van der Waals surface area contributed by atoms with Crippen LogP contribution in [0.4, 0.5) is 23.3 Å². The summed E-state index contributed by atoms with van der Waals surface area (Å²) in [5.74, 6) is 1.10. The summed E-state index contributed by atoms with van der Waals surface area (Å²) in [6.07, 6.45) is 2.01. The maximum Gasteiger partial charge on any atom is 0.164 e. The maximum absolute atomic E-state index is 13.7. The number of aliphatic hydroxyl groups excluding tert-OH is 4. The van der Waals surface area contributed by atoms with Crippen LogP contribution in [-0.2, 0) is 9.59 Å². The molecule has 4 fully saturated rings. The normalized spacial score (nSPS) is 29.1. The van der Waals surface area contributed by atoms with E-state index in [9.17, 15) is 30.0 Å². The number of ketones is 2. The summed E-state index contributed by atoms with van der Waals surface area (Å²) in [4.78, 5) is 52.9. The van der Waals surface area contributed by atoms with E-state index >= 15 is 0 Å². The van der Waals surface area contributed by atoms with Gasteiger partial charge in [0.05, 0.1) is 78.0 Å². The van der Waals surface area contributed by atoms with Crippen molar-refractivity contribution in [3.05, 3.63) is 106 Å². The Bertz CT molecular complexity index is 3170. The van der Waals surface area contributed by atoms with Crippen molar-refractivity contribution < 1.29 is 30.0 Å². The van der Waals surface area contributed by atoms with Crippen molar-refractivity contribution in [3.63, 3.8) is 0 Å². The fourth-order valence-corrected chi connectivity index (χ4v) is 11.6. The number of pyridine rings is 2. The molecular weight excluding hydrogens is 1000 g/mol. The third kappa shape index (κ3) is 6.68. The zero-order chi connectivity index (χ0) is 47.6. The van der Waals surface area contributed by atoms with Gasteiger partial charge in [0, 0.05) is 36.3 Å². The van der Waals surface area contributed by atoms with E-state index in [2.05, 4.69) is 72.4 Å². The molecule has 2 saturated carbocycles. The molecule has 8 heterocycles. The van der Waals surface area contributed by atoms with Crippen molar-refractivity contribution in [1.82, 2.24) is 49.7 Å². The van der Waals surface area contributed by atoms with Crippen LogP contribution in [-0.4, -0.2) is 109 Å². The van der Waals surface area contributed by atoms with Crippen LogP contribution in [0.2, 0.25) is 0 Å². The molecule has 0 radical (unpaired) electrons. The molecule has 6 aromatic heterocycles. The minimum absolute atomic E-state index is 0.156. The number of fused-ring (bicyclic) bond motifs is 4. The van der Waals surface area contributed by atoms with Gasteiger partial charge in [0.2, 0.25) is 0 Å². The first-order valence-electron chi connectivity index (χ1n) is 21.7. The molecule has 14 N–H and O–H groups in total. The van der Waals surface area contributed by atoms with Crippen LogP contribution in [0.3, 0.4) is 0 Å². The van der Waals surface area contributed by atoms with Crippen LogP contribution >= 0.6 is 31.9 Å². The Morgan fingerprint density at radius 2 is 0.985 bits per heavy atom. The van der Waals surface area contributed by atoms with Gasteiger partial charge in [-0.15, -0.1) is 0 Å². The minimum Gasteiger partial charge on any atom is -0.389 e. The van der Waals surface area contributed by atoms with E-state index in [0.717, 1.165) is 21.9 Å². The summed E-state index contributed by atoms with van der Waals surface area (Å²) in [7, 11) is 0. The highest BCUT2D eigenvalue weighted by molar-refractivity contribution is 9.11. The lowest BCUT2D eigenvalue weighted by atomic mass is 9.79. The van der Waals surface area contributed by atoms with Crippen molar-refractivity contribution in [3.8, 4) is 0 Å². The van der Waals surface area contributed by atoms with E-state index in [1.807, 2.05) is 48.5 Å². The molecule has 0 bridgehead atoms. The van der Waals surface area contributed by atoms with Crippen molar-refractivity contribution in [1.29, 1.82) is 0 Å². The molecule has 2 saturated heterocycles. The molecule has 348 valence electrons. The second kappa shape index (κ2) is 16.2. The van der Waals surface area contributed by atoms with Crippen LogP contribution in [0.25, 0.3) is 43.9 Å². The maximum atomic E-state index is 13.7. The zero-order valence-electron chi connectivity index (χ0n) is 35.8. The first-order valence-corrected chi connectivity index (χ1v) is 23.3. The third-order valence-electron chi connectivity index (χ3n) is 14.6. The van der Waals surface area contributed by atoms with Crippen LogP contribution in [0.15, 0.2) is 94.7 Å². The minimum atomic E-state index is -1.23. The number of anilines is 4. The molecule has 22 heteroatoms. The quantitative estimate of drug-likeness (QED) is 0.121. The molecular formula is C46H44Br2N14O6. The molecule has 2 aliphatic carbocycles. The largest absolute Gasteiger partial charge is 0.389 e.